The fourth-order valence-electron chi connectivity index (χ4n) is 2.64. The Hall–Kier alpha value is -2.56. The van der Waals surface area contributed by atoms with Crippen molar-refractivity contribution in [2.75, 3.05) is 0 Å². The number of halogens is 1. The zero-order chi connectivity index (χ0) is 16.5. The molecule has 0 spiro atoms. The Labute approximate surface area is 149 Å². The molecule has 0 bridgehead atoms. The Bertz CT molecular complexity index is 1090. The van der Waals surface area contributed by atoms with E-state index in [2.05, 4.69) is 15.0 Å². The molecule has 0 atom stereocenters. The molecule has 0 saturated heterocycles. The van der Waals surface area contributed by atoms with Gasteiger partial charge in [-0.1, -0.05) is 60.1 Å². The van der Waals surface area contributed by atoms with Crippen molar-refractivity contribution in [2.24, 2.45) is 0 Å². The molecule has 24 heavy (non-hydrogen) atoms. The summed E-state index contributed by atoms with van der Waals surface area (Å²) < 4.78 is 0.413. The largest absolute Gasteiger partial charge is 0.330 e. The van der Waals surface area contributed by atoms with E-state index in [1.54, 1.807) is 0 Å². The number of nitrogens with zero attached hydrogens (tertiary/aromatic N) is 2. The molecule has 0 aliphatic carbocycles. The number of H-pyrrole nitrogens is 1. The Balaban J connectivity index is 1.92. The highest BCUT2D eigenvalue weighted by atomic mass is 35.5. The van der Waals surface area contributed by atoms with Crippen molar-refractivity contribution in [1.29, 1.82) is 0 Å². The van der Waals surface area contributed by atoms with Crippen LogP contribution in [0.1, 0.15) is 0 Å². The van der Waals surface area contributed by atoms with Crippen LogP contribution in [0.15, 0.2) is 66.7 Å². The van der Waals surface area contributed by atoms with Gasteiger partial charge in [0, 0.05) is 16.5 Å². The second-order valence-electron chi connectivity index (χ2n) is 5.37. The highest BCUT2D eigenvalue weighted by Crippen LogP contribution is 2.30. The van der Waals surface area contributed by atoms with E-state index < -0.39 is 0 Å². The monoisotopic (exact) mass is 349 g/mol. The Morgan fingerprint density at radius 3 is 2.46 bits per heavy atom. The second-order valence-corrected chi connectivity index (χ2v) is 6.12. The number of aromatic amines is 1. The molecule has 0 radical (unpaired) electrons. The second kappa shape index (κ2) is 6.15. The van der Waals surface area contributed by atoms with Crippen LogP contribution in [0.25, 0.3) is 33.4 Å². The SMILES string of the molecule is S=c1nc(-c2ccccc2)cc(-c2cc3ccccc3nc2Cl)[nH]1. The number of hydrogen-bond donors (Lipinski definition) is 1. The van der Waals surface area contributed by atoms with Gasteiger partial charge in [0.1, 0.15) is 5.15 Å². The maximum Gasteiger partial charge on any atom is 0.197 e. The van der Waals surface area contributed by atoms with E-state index in [0.29, 0.717) is 9.92 Å². The summed E-state index contributed by atoms with van der Waals surface area (Å²) in [6.07, 6.45) is 0. The zero-order valence-corrected chi connectivity index (χ0v) is 14.1. The molecule has 0 unspecified atom stereocenters. The molecule has 3 nitrogen and oxygen atoms in total. The predicted molar refractivity (Wildman–Crippen MR) is 101 cm³/mol. The summed E-state index contributed by atoms with van der Waals surface area (Å²) in [4.78, 5) is 12.0. The molecule has 1 N–H and O–H groups in total. The highest BCUT2D eigenvalue weighted by molar-refractivity contribution is 7.71. The maximum atomic E-state index is 6.40. The van der Waals surface area contributed by atoms with Crippen LogP contribution in [0.2, 0.25) is 5.15 Å². The predicted octanol–water partition coefficient (Wildman–Crippen LogP) is 5.67. The van der Waals surface area contributed by atoms with Gasteiger partial charge in [-0.05, 0) is 30.4 Å². The van der Waals surface area contributed by atoms with E-state index in [0.717, 1.165) is 33.4 Å². The lowest BCUT2D eigenvalue weighted by Crippen LogP contribution is -1.93. The molecule has 2 aromatic heterocycles. The van der Waals surface area contributed by atoms with Gasteiger partial charge in [0.25, 0.3) is 0 Å². The van der Waals surface area contributed by atoms with Gasteiger partial charge in [-0.3, -0.25) is 0 Å². The first-order valence-corrected chi connectivity index (χ1v) is 8.22. The number of para-hydroxylation sites is 1. The van der Waals surface area contributed by atoms with E-state index in [1.165, 1.54) is 0 Å². The van der Waals surface area contributed by atoms with Crippen LogP contribution in [0.5, 0.6) is 0 Å². The molecule has 0 saturated carbocycles. The van der Waals surface area contributed by atoms with Crippen LogP contribution in [0, 0.1) is 4.77 Å². The molecule has 0 aliphatic heterocycles. The molecule has 5 heteroatoms. The lowest BCUT2D eigenvalue weighted by molar-refractivity contribution is 1.14. The lowest BCUT2D eigenvalue weighted by atomic mass is 10.1. The quantitative estimate of drug-likeness (QED) is 0.374. The van der Waals surface area contributed by atoms with Gasteiger partial charge in [-0.2, -0.15) is 0 Å². The van der Waals surface area contributed by atoms with Gasteiger partial charge in [-0.15, -0.1) is 0 Å². The number of aromatic nitrogens is 3. The molecule has 0 aliphatic rings. The topological polar surface area (TPSA) is 41.6 Å². The summed E-state index contributed by atoms with van der Waals surface area (Å²) in [5, 5.41) is 1.46. The van der Waals surface area contributed by atoms with Crippen molar-refractivity contribution >= 4 is 34.7 Å². The number of nitrogens with one attached hydrogen (secondary N) is 1. The van der Waals surface area contributed by atoms with Crippen LogP contribution in [0.3, 0.4) is 0 Å². The maximum absolute atomic E-state index is 6.40. The van der Waals surface area contributed by atoms with Crippen molar-refractivity contribution in [2.45, 2.75) is 0 Å². The average Bonchev–Trinajstić information content (AvgIpc) is 2.61. The Morgan fingerprint density at radius 2 is 1.62 bits per heavy atom. The van der Waals surface area contributed by atoms with Crippen LogP contribution in [-0.4, -0.2) is 15.0 Å². The Morgan fingerprint density at radius 1 is 0.875 bits per heavy atom. The van der Waals surface area contributed by atoms with E-state index >= 15 is 0 Å². The third-order valence-electron chi connectivity index (χ3n) is 3.78. The normalized spacial score (nSPS) is 10.9. The summed E-state index contributed by atoms with van der Waals surface area (Å²) in [6.45, 7) is 0. The smallest absolute Gasteiger partial charge is 0.197 e. The molecule has 0 fully saturated rings. The van der Waals surface area contributed by atoms with Gasteiger partial charge in [0.15, 0.2) is 4.77 Å². The first-order valence-electron chi connectivity index (χ1n) is 7.43. The van der Waals surface area contributed by atoms with Crippen molar-refractivity contribution in [3.05, 3.63) is 76.7 Å². The summed E-state index contributed by atoms with van der Waals surface area (Å²) in [6, 6.07) is 21.8. The van der Waals surface area contributed by atoms with E-state index in [-0.39, 0.29) is 0 Å². The number of benzene rings is 2. The van der Waals surface area contributed by atoms with Crippen molar-refractivity contribution in [3.8, 4) is 22.5 Å². The van der Waals surface area contributed by atoms with Crippen LogP contribution >= 0.6 is 23.8 Å². The fourth-order valence-corrected chi connectivity index (χ4v) is 3.10. The third-order valence-corrected chi connectivity index (χ3v) is 4.26. The van der Waals surface area contributed by atoms with Crippen molar-refractivity contribution < 1.29 is 0 Å². The van der Waals surface area contributed by atoms with E-state index in [1.807, 2.05) is 66.7 Å². The summed E-state index contributed by atoms with van der Waals surface area (Å²) in [7, 11) is 0. The number of hydrogen-bond acceptors (Lipinski definition) is 3. The number of rotatable bonds is 2. The molecule has 4 aromatic rings. The highest BCUT2D eigenvalue weighted by Gasteiger charge is 2.10. The van der Waals surface area contributed by atoms with Gasteiger partial charge < -0.3 is 4.98 Å². The van der Waals surface area contributed by atoms with Crippen LogP contribution in [0.4, 0.5) is 0 Å². The molecule has 2 heterocycles. The van der Waals surface area contributed by atoms with Gasteiger partial charge in [0.05, 0.1) is 16.9 Å². The van der Waals surface area contributed by atoms with Gasteiger partial charge >= 0.3 is 0 Å². The molecule has 4 rings (SSSR count). The first kappa shape index (κ1) is 15.0. The third kappa shape index (κ3) is 2.82. The van der Waals surface area contributed by atoms with E-state index in [9.17, 15) is 0 Å². The molecule has 2 aromatic carbocycles. The lowest BCUT2D eigenvalue weighted by Gasteiger charge is -2.08. The first-order chi connectivity index (χ1) is 11.7. The van der Waals surface area contributed by atoms with Crippen LogP contribution in [-0.2, 0) is 0 Å². The van der Waals surface area contributed by atoms with Gasteiger partial charge in [-0.25, -0.2) is 9.97 Å². The van der Waals surface area contributed by atoms with Crippen molar-refractivity contribution in [1.82, 2.24) is 15.0 Å². The minimum atomic E-state index is 0.413. The summed E-state index contributed by atoms with van der Waals surface area (Å²) in [5.41, 5.74) is 4.28. The summed E-state index contributed by atoms with van der Waals surface area (Å²) in [5.74, 6) is 0. The minimum absolute atomic E-state index is 0.413. The minimum Gasteiger partial charge on any atom is -0.330 e. The molecular weight excluding hydrogens is 338 g/mol. The zero-order valence-electron chi connectivity index (χ0n) is 12.5. The number of pyridine rings is 1. The average molecular weight is 350 g/mol. The Kier molecular flexibility index (Phi) is 3.84. The standard InChI is InChI=1S/C19H12ClN3S/c20-18-14(10-13-8-4-5-9-15(13)21-18)17-11-16(22-19(24)23-17)12-6-2-1-3-7-12/h1-11H,(H,22,23,24). The summed E-state index contributed by atoms with van der Waals surface area (Å²) >= 11 is 11.7. The van der Waals surface area contributed by atoms with Crippen molar-refractivity contribution in [3.63, 3.8) is 0 Å². The molecule has 116 valence electrons. The van der Waals surface area contributed by atoms with E-state index in [4.69, 9.17) is 23.8 Å². The molecule has 0 amide bonds. The number of fused-ring (bicyclic) bond motifs is 1. The molecular formula is C19H12ClN3S. The van der Waals surface area contributed by atoms with Gasteiger partial charge in [0.2, 0.25) is 0 Å². The fraction of sp³-hybridized carbons (Fsp3) is 0. The van der Waals surface area contributed by atoms with Crippen LogP contribution < -0.4 is 0 Å².